The van der Waals surface area contributed by atoms with Gasteiger partial charge in [-0.3, -0.25) is 19.2 Å². The number of hydrogen-bond donors (Lipinski definition) is 5. The molecule has 0 aromatic heterocycles. The Labute approximate surface area is 319 Å². The lowest BCUT2D eigenvalue weighted by Gasteiger charge is -2.60. The van der Waals surface area contributed by atoms with Crippen LogP contribution in [-0.4, -0.2) is 85.1 Å². The zero-order valence-electron chi connectivity index (χ0n) is 32.2. The molecular weight excluding hydrogens is 711 g/mol. The first-order chi connectivity index (χ1) is 25.3. The van der Waals surface area contributed by atoms with Gasteiger partial charge in [-0.15, -0.1) is 0 Å². The third-order valence-electron chi connectivity index (χ3n) is 17.6. The second-order valence-corrected chi connectivity index (χ2v) is 20.6. The Morgan fingerprint density at radius 3 is 1.44 bits per heavy atom. The van der Waals surface area contributed by atoms with Gasteiger partial charge in [-0.2, -0.15) is 0 Å². The molecule has 11 nitrogen and oxygen atoms in total. The molecule has 0 aliphatic heterocycles. The van der Waals surface area contributed by atoms with Gasteiger partial charge in [0, 0.05) is 23.7 Å². The summed E-state index contributed by atoms with van der Waals surface area (Å²) in [6, 6.07) is 0. The average Bonchev–Trinajstić information content (AvgIpc) is 3.55. The van der Waals surface area contributed by atoms with E-state index in [0.717, 1.165) is 36.8 Å². The van der Waals surface area contributed by atoms with E-state index in [1.54, 1.807) is 12.2 Å². The second-order valence-electron chi connectivity index (χ2n) is 19.6. The summed E-state index contributed by atoms with van der Waals surface area (Å²) in [7, 11) is -2.70. The van der Waals surface area contributed by atoms with Crippen molar-refractivity contribution in [2.45, 2.75) is 141 Å². The van der Waals surface area contributed by atoms with Crippen molar-refractivity contribution in [1.29, 1.82) is 0 Å². The van der Waals surface area contributed by atoms with E-state index in [4.69, 9.17) is 9.05 Å². The fourth-order valence-electron chi connectivity index (χ4n) is 14.8. The van der Waals surface area contributed by atoms with Gasteiger partial charge in [0.15, 0.2) is 23.1 Å². The van der Waals surface area contributed by atoms with Crippen LogP contribution in [0.1, 0.15) is 118 Å². The summed E-state index contributed by atoms with van der Waals surface area (Å²) in [5.41, 5.74) is -3.73. The fourth-order valence-corrected chi connectivity index (χ4v) is 15.3. The van der Waals surface area contributed by atoms with Gasteiger partial charge in [-0.05, 0) is 136 Å². The zero-order chi connectivity index (χ0) is 38.8. The van der Waals surface area contributed by atoms with Gasteiger partial charge in [-0.1, -0.05) is 38.8 Å². The van der Waals surface area contributed by atoms with Gasteiger partial charge in [0.1, 0.15) is 24.4 Å². The molecule has 0 spiro atoms. The van der Waals surface area contributed by atoms with E-state index in [1.165, 1.54) is 0 Å². The van der Waals surface area contributed by atoms with Gasteiger partial charge in [-0.25, -0.2) is 0 Å². The molecule has 5 N–H and O–H groups in total. The summed E-state index contributed by atoms with van der Waals surface area (Å²) in [4.78, 5) is 62.7. The first kappa shape index (κ1) is 39.2. The van der Waals surface area contributed by atoms with Crippen LogP contribution in [0, 0.1) is 57.2 Å². The maximum absolute atomic E-state index is 13.8. The molecule has 54 heavy (non-hydrogen) atoms. The lowest BCUT2D eigenvalue weighted by Crippen LogP contribution is -2.62. The zero-order valence-corrected chi connectivity index (χ0v) is 33.1. The minimum absolute atomic E-state index is 0.00635. The molecule has 6 saturated carbocycles. The molecule has 0 saturated heterocycles. The minimum atomic E-state index is -2.70. The molecule has 8 rings (SSSR count). The normalized spacial score (nSPS) is 50.0. The number of aliphatic hydroxyl groups excluding tert-OH is 2. The Morgan fingerprint density at radius 1 is 0.667 bits per heavy atom. The largest absolute Gasteiger partial charge is 0.393 e. The number of ketones is 4. The molecule has 298 valence electrons. The number of aliphatic hydroxyl groups is 4. The number of hydrogen-bond acceptors (Lipinski definition) is 11. The van der Waals surface area contributed by atoms with E-state index in [9.17, 15) is 44.5 Å². The van der Waals surface area contributed by atoms with Crippen LogP contribution in [0.5, 0.6) is 0 Å². The van der Waals surface area contributed by atoms with E-state index in [0.29, 0.717) is 38.5 Å². The van der Waals surface area contributed by atoms with Crippen molar-refractivity contribution < 1.29 is 53.5 Å². The molecule has 0 bridgehead atoms. The second kappa shape index (κ2) is 13.2. The fraction of sp³-hybridized carbons (Fsp3) is 0.810. The van der Waals surface area contributed by atoms with Crippen molar-refractivity contribution in [3.8, 4) is 0 Å². The number of Topliss-reactive ketones (excluding diaryl/α,β-unsaturated/α-hetero) is 2. The van der Waals surface area contributed by atoms with Crippen molar-refractivity contribution >= 4 is 31.7 Å². The number of carbonyl (C=O) groups is 4. The first-order valence-electron chi connectivity index (χ1n) is 20.4. The predicted octanol–water partition coefficient (Wildman–Crippen LogP) is 4.84. The maximum atomic E-state index is 13.8. The summed E-state index contributed by atoms with van der Waals surface area (Å²) in [5.74, 6) is -0.867. The van der Waals surface area contributed by atoms with Crippen LogP contribution >= 0.6 is 8.60 Å². The van der Waals surface area contributed by atoms with Gasteiger partial charge >= 0.3 is 8.60 Å². The number of carbonyl (C=O) groups excluding carboxylic acids is 4. The number of fused-ring (bicyclic) bond motifs is 10. The maximum Gasteiger partial charge on any atom is 0.330 e. The Hall–Kier alpha value is -1.69. The molecule has 0 aromatic rings. The third kappa shape index (κ3) is 5.41. The monoisotopic (exact) mass is 770 g/mol. The molecule has 12 heteroatoms. The molecule has 0 amide bonds. The van der Waals surface area contributed by atoms with E-state index in [1.807, 2.05) is 13.8 Å². The van der Waals surface area contributed by atoms with Crippen molar-refractivity contribution in [3.63, 3.8) is 0 Å². The lowest BCUT2D eigenvalue weighted by molar-refractivity contribution is -0.182. The highest BCUT2D eigenvalue weighted by Crippen LogP contribution is 2.69. The third-order valence-corrected chi connectivity index (χ3v) is 18.3. The molecule has 0 radical (unpaired) electrons. The van der Waals surface area contributed by atoms with Crippen LogP contribution < -0.4 is 0 Å². The van der Waals surface area contributed by atoms with Crippen LogP contribution in [0.3, 0.4) is 0 Å². The van der Waals surface area contributed by atoms with Crippen LogP contribution in [0.15, 0.2) is 23.3 Å². The van der Waals surface area contributed by atoms with Crippen molar-refractivity contribution in [2.24, 2.45) is 57.2 Å². The van der Waals surface area contributed by atoms with Gasteiger partial charge in [0.2, 0.25) is 0 Å². The lowest BCUT2D eigenvalue weighted by atomic mass is 9.45. The Kier molecular flexibility index (Phi) is 9.55. The summed E-state index contributed by atoms with van der Waals surface area (Å²) in [5, 5.41) is 47.5. The molecule has 8 aliphatic rings. The van der Waals surface area contributed by atoms with E-state index < -0.39 is 67.6 Å². The molecule has 14 atom stereocenters. The highest BCUT2D eigenvalue weighted by atomic mass is 31.2. The summed E-state index contributed by atoms with van der Waals surface area (Å²) in [6.07, 6.45) is 9.58. The molecular formula is C42H59O11P. The first-order valence-corrected chi connectivity index (χ1v) is 21.6. The number of allylic oxidation sites excluding steroid dienone is 2. The summed E-state index contributed by atoms with van der Waals surface area (Å²) >= 11 is 0. The molecule has 0 aromatic carbocycles. The van der Waals surface area contributed by atoms with E-state index >= 15 is 0 Å². The average molecular weight is 771 g/mol. The minimum Gasteiger partial charge on any atom is -0.393 e. The molecule has 8 aliphatic carbocycles. The van der Waals surface area contributed by atoms with Crippen molar-refractivity contribution in [1.82, 2.24) is 0 Å². The standard InChI is InChI=1S/C42H59O11P/c1-37-13-9-25(43)17-23(37)5-7-27-29-11-15-41(49,39(29,3)19-31(45)35(27)37)33(47)21-52-54(51)53-22-34(48)42(50)16-12-30-28-8-6-24-18-26(44)10-14-38(24,2)36(28)32(46)20-40(30,42)4/h17-18,27-32,35-36,45-46,49-51H,5-16,19-22H2,1-4H3/t27-,28-,29-,30-,31-,32-,35+,36+,37-,38-,39-,40-,41-,42-/m0/s1. The Bertz CT molecular complexity index is 1570. The highest BCUT2D eigenvalue weighted by molar-refractivity contribution is 7.40. The van der Waals surface area contributed by atoms with Crippen LogP contribution in [0.25, 0.3) is 0 Å². The highest BCUT2D eigenvalue weighted by Gasteiger charge is 2.70. The SMILES string of the molecule is C[C@]12CCC(=O)C=C1CC[C@@H]1[C@@H]2[C@@H](O)C[C@@]2(C)[C@H]1CC[C@]2(O)C(=O)COP(O)OCC(=O)[C@@]1(O)CC[C@H]2[C@@H]3CCC4=CC(=O)CC[C@]4(C)[C@H]3[C@@H](O)C[C@@]21C. The summed E-state index contributed by atoms with van der Waals surface area (Å²) in [6.45, 7) is 6.82. The van der Waals surface area contributed by atoms with Gasteiger partial charge in [0.05, 0.1) is 12.2 Å². The smallest absolute Gasteiger partial charge is 0.330 e. The summed E-state index contributed by atoms with van der Waals surface area (Å²) < 4.78 is 10.9. The van der Waals surface area contributed by atoms with Crippen molar-refractivity contribution in [2.75, 3.05) is 13.2 Å². The van der Waals surface area contributed by atoms with Crippen molar-refractivity contribution in [3.05, 3.63) is 23.3 Å². The predicted molar refractivity (Wildman–Crippen MR) is 197 cm³/mol. The van der Waals surface area contributed by atoms with Crippen LogP contribution in [0.2, 0.25) is 0 Å². The van der Waals surface area contributed by atoms with Crippen LogP contribution in [0.4, 0.5) is 0 Å². The molecule has 0 heterocycles. The Morgan fingerprint density at radius 2 is 1.06 bits per heavy atom. The quantitative estimate of drug-likeness (QED) is 0.213. The van der Waals surface area contributed by atoms with Gasteiger partial charge < -0.3 is 34.4 Å². The molecule has 6 fully saturated rings. The Balaban J connectivity index is 0.891. The number of rotatable bonds is 8. The topological polar surface area (TPSA) is 188 Å². The van der Waals surface area contributed by atoms with E-state index in [2.05, 4.69) is 13.8 Å². The van der Waals surface area contributed by atoms with Gasteiger partial charge in [0.25, 0.3) is 0 Å². The van der Waals surface area contributed by atoms with Crippen LogP contribution in [-0.2, 0) is 28.2 Å². The molecule has 0 unspecified atom stereocenters. The van der Waals surface area contributed by atoms with E-state index in [-0.39, 0.29) is 83.6 Å².